The molecule has 7 heteroatoms. The van der Waals surface area contributed by atoms with Gasteiger partial charge in [-0.2, -0.15) is 0 Å². The van der Waals surface area contributed by atoms with Gasteiger partial charge in [0.05, 0.1) is 5.56 Å². The summed E-state index contributed by atoms with van der Waals surface area (Å²) in [5.41, 5.74) is 2.55. The molecule has 0 bridgehead atoms. The highest BCUT2D eigenvalue weighted by Crippen LogP contribution is 2.15. The lowest BCUT2D eigenvalue weighted by atomic mass is 10.1. The van der Waals surface area contributed by atoms with Crippen LogP contribution >= 0.6 is 12.2 Å². The second kappa shape index (κ2) is 9.07. The molecule has 29 heavy (non-hydrogen) atoms. The van der Waals surface area contributed by atoms with Crippen molar-refractivity contribution in [1.82, 2.24) is 5.32 Å². The van der Waals surface area contributed by atoms with Crippen LogP contribution in [0.4, 0.5) is 15.8 Å². The number of hydrogen-bond acceptors (Lipinski definition) is 3. The Bertz CT molecular complexity index is 1080. The van der Waals surface area contributed by atoms with Gasteiger partial charge in [-0.1, -0.05) is 30.3 Å². The fourth-order valence-corrected chi connectivity index (χ4v) is 2.85. The molecule has 3 aromatic carbocycles. The zero-order valence-electron chi connectivity index (χ0n) is 15.5. The van der Waals surface area contributed by atoms with Gasteiger partial charge in [0.15, 0.2) is 5.11 Å². The van der Waals surface area contributed by atoms with Crippen LogP contribution in [-0.4, -0.2) is 16.9 Å². The molecule has 0 saturated carbocycles. The Hall–Kier alpha value is -3.58. The lowest BCUT2D eigenvalue weighted by Crippen LogP contribution is -2.34. The van der Waals surface area contributed by atoms with Gasteiger partial charge in [-0.3, -0.25) is 14.9 Å². The zero-order valence-corrected chi connectivity index (χ0v) is 16.3. The Labute approximate surface area is 173 Å². The maximum Gasteiger partial charge on any atom is 0.260 e. The molecule has 0 aliphatic carbocycles. The van der Waals surface area contributed by atoms with Crippen molar-refractivity contribution in [1.29, 1.82) is 0 Å². The number of halogens is 1. The highest BCUT2D eigenvalue weighted by atomic mass is 32.1. The number of nitrogens with one attached hydrogen (secondary N) is 3. The summed E-state index contributed by atoms with van der Waals surface area (Å²) in [6, 6.07) is 19.7. The molecule has 0 aliphatic heterocycles. The molecule has 3 aromatic rings. The van der Waals surface area contributed by atoms with Crippen LogP contribution in [0.3, 0.4) is 0 Å². The first-order valence-corrected chi connectivity index (χ1v) is 9.18. The van der Waals surface area contributed by atoms with E-state index in [0.717, 1.165) is 5.56 Å². The van der Waals surface area contributed by atoms with Gasteiger partial charge in [0, 0.05) is 16.9 Å². The van der Waals surface area contributed by atoms with Crippen LogP contribution in [0.5, 0.6) is 0 Å². The first-order chi connectivity index (χ1) is 13.9. The SMILES string of the molecule is Cc1cccc(NC(=O)c2cccc(NC(=S)NC(=O)c3ccccc3F)c2)c1. The van der Waals surface area contributed by atoms with Gasteiger partial charge >= 0.3 is 0 Å². The van der Waals surface area contributed by atoms with E-state index in [0.29, 0.717) is 16.9 Å². The highest BCUT2D eigenvalue weighted by Gasteiger charge is 2.13. The number of carbonyl (C=O) groups excluding carboxylic acids is 2. The van der Waals surface area contributed by atoms with E-state index < -0.39 is 11.7 Å². The van der Waals surface area contributed by atoms with Crippen molar-refractivity contribution in [2.24, 2.45) is 0 Å². The Morgan fingerprint density at radius 1 is 0.828 bits per heavy atom. The fourth-order valence-electron chi connectivity index (χ4n) is 2.64. The maximum atomic E-state index is 13.7. The summed E-state index contributed by atoms with van der Waals surface area (Å²) in [7, 11) is 0. The van der Waals surface area contributed by atoms with E-state index in [1.165, 1.54) is 18.2 Å². The molecule has 0 radical (unpaired) electrons. The maximum absolute atomic E-state index is 13.7. The van der Waals surface area contributed by atoms with Crippen LogP contribution in [-0.2, 0) is 0 Å². The molecule has 0 saturated heterocycles. The van der Waals surface area contributed by atoms with Crippen molar-refractivity contribution in [3.63, 3.8) is 0 Å². The molecule has 0 unspecified atom stereocenters. The number of thiocarbonyl (C=S) groups is 1. The van der Waals surface area contributed by atoms with Crippen molar-refractivity contribution in [2.45, 2.75) is 6.92 Å². The van der Waals surface area contributed by atoms with Crippen molar-refractivity contribution >= 4 is 40.5 Å². The summed E-state index contributed by atoms with van der Waals surface area (Å²) in [5, 5.41) is 8.07. The zero-order chi connectivity index (χ0) is 20.8. The molecule has 3 N–H and O–H groups in total. The molecule has 0 aromatic heterocycles. The van der Waals surface area contributed by atoms with Gasteiger partial charge in [-0.05, 0) is 67.2 Å². The third-order valence-corrected chi connectivity index (χ3v) is 4.21. The average molecular weight is 407 g/mol. The Morgan fingerprint density at radius 2 is 1.52 bits per heavy atom. The van der Waals surface area contributed by atoms with Crippen LogP contribution in [0.2, 0.25) is 0 Å². The summed E-state index contributed by atoms with van der Waals surface area (Å²) < 4.78 is 13.7. The van der Waals surface area contributed by atoms with Crippen molar-refractivity contribution in [3.8, 4) is 0 Å². The van der Waals surface area contributed by atoms with Crippen LogP contribution in [0.25, 0.3) is 0 Å². The van der Waals surface area contributed by atoms with Crippen LogP contribution < -0.4 is 16.0 Å². The number of anilines is 2. The number of carbonyl (C=O) groups is 2. The second-order valence-corrected chi connectivity index (χ2v) is 6.70. The van der Waals surface area contributed by atoms with Gasteiger partial charge in [-0.25, -0.2) is 4.39 Å². The van der Waals surface area contributed by atoms with Gasteiger partial charge < -0.3 is 10.6 Å². The van der Waals surface area contributed by atoms with Gasteiger partial charge in [0.2, 0.25) is 0 Å². The molecule has 0 spiro atoms. The van der Waals surface area contributed by atoms with Crippen LogP contribution in [0.1, 0.15) is 26.3 Å². The lowest BCUT2D eigenvalue weighted by Gasteiger charge is -2.11. The first kappa shape index (κ1) is 20.2. The molecule has 0 atom stereocenters. The van der Waals surface area contributed by atoms with Crippen molar-refractivity contribution in [2.75, 3.05) is 10.6 Å². The molecule has 0 heterocycles. The van der Waals surface area contributed by atoms with E-state index in [1.54, 1.807) is 36.4 Å². The minimum absolute atomic E-state index is 0.00510. The molecule has 3 rings (SSSR count). The lowest BCUT2D eigenvalue weighted by molar-refractivity contribution is 0.0972. The Kier molecular flexibility index (Phi) is 6.31. The molecular weight excluding hydrogens is 389 g/mol. The molecule has 2 amide bonds. The minimum atomic E-state index is -0.658. The number of amides is 2. The topological polar surface area (TPSA) is 70.2 Å². The third kappa shape index (κ3) is 5.46. The van der Waals surface area contributed by atoms with E-state index in [1.807, 2.05) is 25.1 Å². The predicted molar refractivity (Wildman–Crippen MR) is 116 cm³/mol. The number of rotatable bonds is 4. The number of hydrogen-bond donors (Lipinski definition) is 3. The van der Waals surface area contributed by atoms with E-state index in [2.05, 4.69) is 16.0 Å². The van der Waals surface area contributed by atoms with Gasteiger partial charge in [-0.15, -0.1) is 0 Å². The monoisotopic (exact) mass is 407 g/mol. The third-order valence-electron chi connectivity index (χ3n) is 4.00. The summed E-state index contributed by atoms with van der Waals surface area (Å²) in [4.78, 5) is 24.6. The predicted octanol–water partition coefficient (Wildman–Crippen LogP) is 4.51. The fraction of sp³-hybridized carbons (Fsp3) is 0.0455. The Balaban J connectivity index is 1.64. The van der Waals surface area contributed by atoms with Crippen LogP contribution in [0, 0.1) is 12.7 Å². The minimum Gasteiger partial charge on any atom is -0.332 e. The normalized spacial score (nSPS) is 10.1. The highest BCUT2D eigenvalue weighted by molar-refractivity contribution is 7.80. The standard InChI is InChI=1S/C22H18FN3O2S/c1-14-6-4-8-16(12-14)24-20(27)15-7-5-9-17(13-15)25-22(29)26-21(28)18-10-2-3-11-19(18)23/h2-13H,1H3,(H,24,27)(H2,25,26,28,29). The molecule has 5 nitrogen and oxygen atoms in total. The molecule has 0 aliphatic rings. The van der Waals surface area contributed by atoms with Gasteiger partial charge in [0.1, 0.15) is 5.82 Å². The summed E-state index contributed by atoms with van der Waals surface area (Å²) >= 11 is 5.12. The van der Waals surface area contributed by atoms with E-state index >= 15 is 0 Å². The number of aryl methyl sites for hydroxylation is 1. The molecular formula is C22H18FN3O2S. The van der Waals surface area contributed by atoms with E-state index in [9.17, 15) is 14.0 Å². The Morgan fingerprint density at radius 3 is 2.24 bits per heavy atom. The van der Waals surface area contributed by atoms with E-state index in [4.69, 9.17) is 12.2 Å². The summed E-state index contributed by atoms with van der Waals surface area (Å²) in [5.74, 6) is -1.57. The van der Waals surface area contributed by atoms with E-state index in [-0.39, 0.29) is 16.6 Å². The number of benzene rings is 3. The van der Waals surface area contributed by atoms with Crippen molar-refractivity contribution < 1.29 is 14.0 Å². The molecule has 0 fully saturated rings. The largest absolute Gasteiger partial charge is 0.332 e. The molecule has 146 valence electrons. The average Bonchev–Trinajstić information content (AvgIpc) is 2.68. The van der Waals surface area contributed by atoms with Crippen molar-refractivity contribution in [3.05, 3.63) is 95.3 Å². The first-order valence-electron chi connectivity index (χ1n) is 8.77. The quantitative estimate of drug-likeness (QED) is 0.557. The summed E-state index contributed by atoms with van der Waals surface area (Å²) in [6.45, 7) is 1.94. The smallest absolute Gasteiger partial charge is 0.260 e. The second-order valence-electron chi connectivity index (χ2n) is 6.29. The van der Waals surface area contributed by atoms with Gasteiger partial charge in [0.25, 0.3) is 11.8 Å². The van der Waals surface area contributed by atoms with Crippen LogP contribution in [0.15, 0.2) is 72.8 Å². The summed E-state index contributed by atoms with van der Waals surface area (Å²) in [6.07, 6.45) is 0.